The summed E-state index contributed by atoms with van der Waals surface area (Å²) >= 11 is 0. The van der Waals surface area contributed by atoms with Gasteiger partial charge in [0.25, 0.3) is 0 Å². The van der Waals surface area contributed by atoms with Gasteiger partial charge in [0.05, 0.1) is 6.04 Å². The summed E-state index contributed by atoms with van der Waals surface area (Å²) in [6.07, 6.45) is 1.86. The molecule has 3 amide bonds. The van der Waals surface area contributed by atoms with Gasteiger partial charge in [-0.3, -0.25) is 19.4 Å². The Morgan fingerprint density at radius 3 is 1.83 bits per heavy atom. The van der Waals surface area contributed by atoms with Crippen molar-refractivity contribution in [2.45, 2.75) is 97.8 Å². The first-order valence-corrected chi connectivity index (χ1v) is 12.6. The number of aliphatic imine (C=N–C) groups is 1. The van der Waals surface area contributed by atoms with Crippen LogP contribution in [0.25, 0.3) is 0 Å². The number of hydrogen-bond donors (Lipinski definition) is 7. The highest BCUT2D eigenvalue weighted by Crippen LogP contribution is 2.11. The summed E-state index contributed by atoms with van der Waals surface area (Å²) in [6, 6.07) is -3.83. The largest absolute Gasteiger partial charge is 0.480 e. The lowest BCUT2D eigenvalue weighted by molar-refractivity contribution is -0.144. The van der Waals surface area contributed by atoms with Crippen molar-refractivity contribution in [1.82, 2.24) is 16.0 Å². The Bertz CT molecular complexity index is 753. The maximum absolute atomic E-state index is 13.2. The van der Waals surface area contributed by atoms with Crippen molar-refractivity contribution >= 4 is 29.7 Å². The molecule has 10 N–H and O–H groups in total. The van der Waals surface area contributed by atoms with E-state index >= 15 is 0 Å². The van der Waals surface area contributed by atoms with E-state index in [0.29, 0.717) is 25.7 Å². The number of carboxylic acid groups (broad SMARTS) is 1. The van der Waals surface area contributed by atoms with Gasteiger partial charge in [-0.1, -0.05) is 48.0 Å². The fourth-order valence-corrected chi connectivity index (χ4v) is 3.58. The zero-order valence-corrected chi connectivity index (χ0v) is 22.5. The molecule has 0 bridgehead atoms. The number of carboxylic acids is 1. The second kappa shape index (κ2) is 16.7. The van der Waals surface area contributed by atoms with E-state index in [2.05, 4.69) is 20.9 Å². The molecular weight excluding hydrogens is 466 g/mol. The maximum atomic E-state index is 13.2. The van der Waals surface area contributed by atoms with E-state index in [-0.39, 0.29) is 36.7 Å². The molecule has 0 aromatic carbocycles. The second-order valence-corrected chi connectivity index (χ2v) is 10.1. The molecule has 0 fully saturated rings. The third kappa shape index (κ3) is 13.3. The summed E-state index contributed by atoms with van der Waals surface area (Å²) in [4.78, 5) is 54.4. The van der Waals surface area contributed by atoms with Gasteiger partial charge in [0.2, 0.25) is 17.7 Å². The average molecular weight is 514 g/mol. The number of nitrogens with zero attached hydrogens (tertiary/aromatic N) is 1. The van der Waals surface area contributed by atoms with Crippen LogP contribution in [0.2, 0.25) is 0 Å². The first-order chi connectivity index (χ1) is 16.7. The third-order valence-corrected chi connectivity index (χ3v) is 5.76. The van der Waals surface area contributed by atoms with Crippen LogP contribution in [0.3, 0.4) is 0 Å². The Labute approximate surface area is 214 Å². The summed E-state index contributed by atoms with van der Waals surface area (Å²) in [5, 5.41) is 17.5. The van der Waals surface area contributed by atoms with Gasteiger partial charge in [0.15, 0.2) is 5.96 Å². The number of hydrogen-bond acceptors (Lipinski definition) is 6. The van der Waals surface area contributed by atoms with Gasteiger partial charge in [-0.05, 0) is 43.4 Å². The first kappa shape index (κ1) is 33.1. The zero-order chi connectivity index (χ0) is 28.0. The minimum absolute atomic E-state index is 0.0679. The lowest BCUT2D eigenvalue weighted by atomic mass is 9.98. The molecule has 0 aromatic rings. The molecule has 0 heterocycles. The molecule has 5 unspecified atom stereocenters. The smallest absolute Gasteiger partial charge is 0.326 e. The molecule has 36 heavy (non-hydrogen) atoms. The Morgan fingerprint density at radius 2 is 1.36 bits per heavy atom. The van der Waals surface area contributed by atoms with E-state index in [1.807, 2.05) is 34.6 Å². The van der Waals surface area contributed by atoms with Gasteiger partial charge >= 0.3 is 5.97 Å². The highest BCUT2D eigenvalue weighted by Gasteiger charge is 2.32. The number of carbonyl (C=O) groups excluding carboxylic acids is 3. The first-order valence-electron chi connectivity index (χ1n) is 12.6. The summed E-state index contributed by atoms with van der Waals surface area (Å²) in [6.45, 7) is 11.5. The van der Waals surface area contributed by atoms with E-state index in [1.165, 1.54) is 0 Å². The normalized spacial score (nSPS) is 15.4. The highest BCUT2D eigenvalue weighted by molar-refractivity contribution is 5.94. The number of carbonyl (C=O) groups is 4. The number of guanidine groups is 1. The Hall–Kier alpha value is -2.89. The minimum Gasteiger partial charge on any atom is -0.480 e. The van der Waals surface area contributed by atoms with Crippen LogP contribution in [0.1, 0.15) is 73.6 Å². The predicted molar refractivity (Wildman–Crippen MR) is 140 cm³/mol. The molecule has 0 rings (SSSR count). The molecule has 5 atom stereocenters. The number of rotatable bonds is 17. The van der Waals surface area contributed by atoms with Gasteiger partial charge in [-0.15, -0.1) is 0 Å². The Morgan fingerprint density at radius 1 is 0.833 bits per heavy atom. The van der Waals surface area contributed by atoms with E-state index < -0.39 is 47.9 Å². The SMILES string of the molecule is CCC(C)C(NC(=O)C(CCCN=C(N)N)NC(=O)C(CC(C)C)NC(=O)C(N)CC(C)C)C(=O)O. The summed E-state index contributed by atoms with van der Waals surface area (Å²) < 4.78 is 0. The molecule has 0 saturated heterocycles. The molecule has 0 saturated carbocycles. The minimum atomic E-state index is -1.16. The monoisotopic (exact) mass is 513 g/mol. The van der Waals surface area contributed by atoms with Crippen molar-refractivity contribution in [2.75, 3.05) is 6.54 Å². The van der Waals surface area contributed by atoms with Crippen LogP contribution in [0.5, 0.6) is 0 Å². The molecule has 208 valence electrons. The summed E-state index contributed by atoms with van der Waals surface area (Å²) in [5.41, 5.74) is 16.7. The van der Waals surface area contributed by atoms with Gasteiger partial charge in [-0.25, -0.2) is 4.79 Å². The summed E-state index contributed by atoms with van der Waals surface area (Å²) in [5.74, 6) is -2.93. The van der Waals surface area contributed by atoms with E-state index in [9.17, 15) is 24.3 Å². The molecule has 0 radical (unpaired) electrons. The molecule has 0 aromatic heterocycles. The van der Waals surface area contributed by atoms with Crippen molar-refractivity contribution in [1.29, 1.82) is 0 Å². The number of aliphatic carboxylic acids is 1. The highest BCUT2D eigenvalue weighted by atomic mass is 16.4. The maximum Gasteiger partial charge on any atom is 0.326 e. The molecule has 0 aliphatic carbocycles. The third-order valence-electron chi connectivity index (χ3n) is 5.76. The molecule has 12 heteroatoms. The predicted octanol–water partition coefficient (Wildman–Crippen LogP) is 0.0446. The van der Waals surface area contributed by atoms with E-state index in [4.69, 9.17) is 17.2 Å². The van der Waals surface area contributed by atoms with E-state index in [0.717, 1.165) is 0 Å². The Kier molecular flexibility index (Phi) is 15.4. The van der Waals surface area contributed by atoms with Crippen molar-refractivity contribution in [2.24, 2.45) is 39.9 Å². The molecule has 0 aliphatic heterocycles. The molecular formula is C24H47N7O5. The lowest BCUT2D eigenvalue weighted by Gasteiger charge is -2.27. The number of nitrogens with one attached hydrogen (secondary N) is 3. The second-order valence-electron chi connectivity index (χ2n) is 10.1. The zero-order valence-electron chi connectivity index (χ0n) is 22.5. The van der Waals surface area contributed by atoms with Crippen molar-refractivity contribution < 1.29 is 24.3 Å². The van der Waals surface area contributed by atoms with Crippen LogP contribution < -0.4 is 33.2 Å². The quantitative estimate of drug-likeness (QED) is 0.0798. The standard InChI is InChI=1S/C24H47N7O5/c1-7-15(6)19(23(35)36)31-21(33)17(9-8-10-28-24(26)27)29-22(34)18(12-14(4)5)30-20(32)16(25)11-13(2)3/h13-19H,7-12,25H2,1-6H3,(H,29,34)(H,30,32)(H,31,33)(H,35,36)(H4,26,27,28). The fraction of sp³-hybridized carbons (Fsp3) is 0.792. The molecule has 0 spiro atoms. The van der Waals surface area contributed by atoms with Crippen LogP contribution >= 0.6 is 0 Å². The van der Waals surface area contributed by atoms with Crippen molar-refractivity contribution in [3.05, 3.63) is 0 Å². The average Bonchev–Trinajstić information content (AvgIpc) is 2.76. The van der Waals surface area contributed by atoms with Crippen LogP contribution in [0.15, 0.2) is 4.99 Å². The van der Waals surface area contributed by atoms with Crippen LogP contribution in [0, 0.1) is 17.8 Å². The van der Waals surface area contributed by atoms with Gasteiger partial charge in [-0.2, -0.15) is 0 Å². The number of nitrogens with two attached hydrogens (primary N) is 3. The van der Waals surface area contributed by atoms with Gasteiger partial charge in [0.1, 0.15) is 18.1 Å². The van der Waals surface area contributed by atoms with Crippen molar-refractivity contribution in [3.8, 4) is 0 Å². The Balaban J connectivity index is 5.68. The molecule has 12 nitrogen and oxygen atoms in total. The van der Waals surface area contributed by atoms with Crippen LogP contribution in [0.4, 0.5) is 0 Å². The number of amides is 3. The molecule has 0 aliphatic rings. The van der Waals surface area contributed by atoms with E-state index in [1.54, 1.807) is 6.92 Å². The van der Waals surface area contributed by atoms with Gasteiger partial charge < -0.3 is 38.3 Å². The lowest BCUT2D eigenvalue weighted by Crippen LogP contribution is -2.58. The fourth-order valence-electron chi connectivity index (χ4n) is 3.58. The van der Waals surface area contributed by atoms with Crippen molar-refractivity contribution in [3.63, 3.8) is 0 Å². The summed E-state index contributed by atoms with van der Waals surface area (Å²) in [7, 11) is 0. The van der Waals surface area contributed by atoms with Crippen LogP contribution in [-0.4, -0.2) is 65.5 Å². The van der Waals surface area contributed by atoms with Crippen LogP contribution in [-0.2, 0) is 19.2 Å². The topological polar surface area (TPSA) is 215 Å². The van der Waals surface area contributed by atoms with Gasteiger partial charge in [0, 0.05) is 6.54 Å².